The van der Waals surface area contributed by atoms with Crippen molar-refractivity contribution in [1.29, 1.82) is 0 Å². The van der Waals surface area contributed by atoms with Crippen LogP contribution in [0.5, 0.6) is 11.5 Å². The SMILES string of the molecule is CCC1CCCN1CC(N)c1ccc(OC)cc1OC. The number of rotatable bonds is 6. The standard InChI is InChI=1S/C16H26N2O2/c1-4-12-6-5-9-18(12)11-15(17)14-8-7-13(19-2)10-16(14)20-3/h7-8,10,12,15H,4-6,9,11,17H2,1-3H3. The Morgan fingerprint density at radius 2 is 2.15 bits per heavy atom. The number of methoxy groups -OCH3 is 2. The Kier molecular flexibility index (Phi) is 5.26. The van der Waals surface area contributed by atoms with E-state index in [1.54, 1.807) is 14.2 Å². The van der Waals surface area contributed by atoms with Crippen LogP contribution >= 0.6 is 0 Å². The molecule has 1 fully saturated rings. The summed E-state index contributed by atoms with van der Waals surface area (Å²) in [5.41, 5.74) is 7.45. The van der Waals surface area contributed by atoms with E-state index in [1.807, 2.05) is 18.2 Å². The Balaban J connectivity index is 2.10. The molecule has 0 bridgehead atoms. The summed E-state index contributed by atoms with van der Waals surface area (Å²) in [5.74, 6) is 1.61. The molecule has 2 unspecified atom stereocenters. The molecule has 2 rings (SSSR count). The van der Waals surface area contributed by atoms with Crippen LogP contribution in [0.15, 0.2) is 18.2 Å². The number of hydrogen-bond donors (Lipinski definition) is 1. The Morgan fingerprint density at radius 3 is 2.80 bits per heavy atom. The summed E-state index contributed by atoms with van der Waals surface area (Å²) in [6.45, 7) is 4.30. The average molecular weight is 278 g/mol. The Labute approximate surface area is 121 Å². The predicted molar refractivity (Wildman–Crippen MR) is 81.4 cm³/mol. The second-order valence-corrected chi connectivity index (χ2v) is 5.41. The van der Waals surface area contributed by atoms with E-state index in [0.29, 0.717) is 6.04 Å². The van der Waals surface area contributed by atoms with Gasteiger partial charge in [0.05, 0.1) is 14.2 Å². The molecule has 1 aliphatic heterocycles. The van der Waals surface area contributed by atoms with Gasteiger partial charge in [0.15, 0.2) is 0 Å². The minimum Gasteiger partial charge on any atom is -0.497 e. The minimum atomic E-state index is -0.0250. The summed E-state index contributed by atoms with van der Waals surface area (Å²) >= 11 is 0. The van der Waals surface area contributed by atoms with Crippen LogP contribution in [0.3, 0.4) is 0 Å². The summed E-state index contributed by atoms with van der Waals surface area (Å²) in [4.78, 5) is 2.51. The fourth-order valence-electron chi connectivity index (χ4n) is 3.07. The number of nitrogens with zero attached hydrogens (tertiary/aromatic N) is 1. The lowest BCUT2D eigenvalue weighted by Crippen LogP contribution is -2.35. The van der Waals surface area contributed by atoms with Crippen molar-refractivity contribution >= 4 is 0 Å². The molecule has 1 aromatic carbocycles. The molecular formula is C16H26N2O2. The molecule has 20 heavy (non-hydrogen) atoms. The van der Waals surface area contributed by atoms with E-state index in [-0.39, 0.29) is 6.04 Å². The van der Waals surface area contributed by atoms with E-state index in [2.05, 4.69) is 11.8 Å². The fraction of sp³-hybridized carbons (Fsp3) is 0.625. The van der Waals surface area contributed by atoms with Gasteiger partial charge < -0.3 is 15.2 Å². The van der Waals surface area contributed by atoms with Gasteiger partial charge in [0, 0.05) is 30.3 Å². The summed E-state index contributed by atoms with van der Waals surface area (Å²) in [5, 5.41) is 0. The maximum Gasteiger partial charge on any atom is 0.127 e. The Bertz CT molecular complexity index is 436. The molecular weight excluding hydrogens is 252 g/mol. The van der Waals surface area contributed by atoms with Crippen LogP contribution in [0.1, 0.15) is 37.8 Å². The van der Waals surface area contributed by atoms with E-state index in [1.165, 1.54) is 19.3 Å². The van der Waals surface area contributed by atoms with Gasteiger partial charge in [0.25, 0.3) is 0 Å². The normalized spacial score (nSPS) is 20.9. The first-order valence-corrected chi connectivity index (χ1v) is 7.41. The highest BCUT2D eigenvalue weighted by atomic mass is 16.5. The first-order valence-electron chi connectivity index (χ1n) is 7.41. The van der Waals surface area contributed by atoms with Gasteiger partial charge in [-0.2, -0.15) is 0 Å². The zero-order valence-electron chi connectivity index (χ0n) is 12.8. The highest BCUT2D eigenvalue weighted by Gasteiger charge is 2.25. The quantitative estimate of drug-likeness (QED) is 0.869. The van der Waals surface area contributed by atoms with E-state index in [0.717, 1.165) is 30.2 Å². The zero-order valence-corrected chi connectivity index (χ0v) is 12.8. The lowest BCUT2D eigenvalue weighted by Gasteiger charge is -2.27. The largest absolute Gasteiger partial charge is 0.497 e. The van der Waals surface area contributed by atoms with Crippen LogP contribution in [0.4, 0.5) is 0 Å². The topological polar surface area (TPSA) is 47.7 Å². The van der Waals surface area contributed by atoms with Gasteiger partial charge in [0.2, 0.25) is 0 Å². The molecule has 1 saturated heterocycles. The van der Waals surface area contributed by atoms with Crippen molar-refractivity contribution in [2.75, 3.05) is 27.3 Å². The van der Waals surface area contributed by atoms with Crippen molar-refractivity contribution in [3.05, 3.63) is 23.8 Å². The molecule has 0 saturated carbocycles. The lowest BCUT2D eigenvalue weighted by atomic mass is 10.0. The molecule has 1 aromatic rings. The predicted octanol–water partition coefficient (Wildman–Crippen LogP) is 2.58. The third-order valence-corrected chi connectivity index (χ3v) is 4.24. The molecule has 0 radical (unpaired) electrons. The molecule has 0 amide bonds. The van der Waals surface area contributed by atoms with Gasteiger partial charge in [-0.25, -0.2) is 0 Å². The van der Waals surface area contributed by atoms with Crippen LogP contribution in [0, 0.1) is 0 Å². The maximum atomic E-state index is 6.40. The summed E-state index contributed by atoms with van der Waals surface area (Å²) in [7, 11) is 3.33. The van der Waals surface area contributed by atoms with Crippen molar-refractivity contribution in [2.24, 2.45) is 5.73 Å². The van der Waals surface area contributed by atoms with E-state index in [4.69, 9.17) is 15.2 Å². The van der Waals surface area contributed by atoms with Gasteiger partial charge in [-0.05, 0) is 31.9 Å². The zero-order chi connectivity index (χ0) is 14.5. The Morgan fingerprint density at radius 1 is 1.35 bits per heavy atom. The van der Waals surface area contributed by atoms with E-state index >= 15 is 0 Å². The van der Waals surface area contributed by atoms with Gasteiger partial charge in [-0.15, -0.1) is 0 Å². The molecule has 0 spiro atoms. The monoisotopic (exact) mass is 278 g/mol. The number of hydrogen-bond acceptors (Lipinski definition) is 4. The Hall–Kier alpha value is -1.26. The van der Waals surface area contributed by atoms with Crippen molar-refractivity contribution in [2.45, 2.75) is 38.3 Å². The second kappa shape index (κ2) is 6.95. The second-order valence-electron chi connectivity index (χ2n) is 5.41. The number of nitrogens with two attached hydrogens (primary N) is 1. The molecule has 1 aliphatic rings. The first kappa shape index (κ1) is 15.1. The maximum absolute atomic E-state index is 6.40. The number of ether oxygens (including phenoxy) is 2. The van der Waals surface area contributed by atoms with Crippen molar-refractivity contribution in [1.82, 2.24) is 4.90 Å². The molecule has 2 atom stereocenters. The summed E-state index contributed by atoms with van der Waals surface area (Å²) in [6, 6.07) is 6.52. The smallest absolute Gasteiger partial charge is 0.127 e. The van der Waals surface area contributed by atoms with Crippen LogP contribution in [-0.2, 0) is 0 Å². The van der Waals surface area contributed by atoms with Crippen LogP contribution in [0.25, 0.3) is 0 Å². The molecule has 0 aliphatic carbocycles. The molecule has 112 valence electrons. The van der Waals surface area contributed by atoms with Gasteiger partial charge in [-0.3, -0.25) is 4.90 Å². The average Bonchev–Trinajstić information content (AvgIpc) is 2.93. The number of benzene rings is 1. The van der Waals surface area contributed by atoms with Crippen molar-refractivity contribution in [3.63, 3.8) is 0 Å². The van der Waals surface area contributed by atoms with Gasteiger partial charge in [-0.1, -0.05) is 13.0 Å². The first-order chi connectivity index (χ1) is 9.69. The summed E-state index contributed by atoms with van der Waals surface area (Å²) in [6.07, 6.45) is 3.78. The van der Waals surface area contributed by atoms with E-state index in [9.17, 15) is 0 Å². The van der Waals surface area contributed by atoms with Crippen molar-refractivity contribution < 1.29 is 9.47 Å². The van der Waals surface area contributed by atoms with Gasteiger partial charge in [0.1, 0.15) is 11.5 Å². The summed E-state index contributed by atoms with van der Waals surface area (Å²) < 4.78 is 10.7. The molecule has 0 aromatic heterocycles. The van der Waals surface area contributed by atoms with Crippen LogP contribution in [0.2, 0.25) is 0 Å². The van der Waals surface area contributed by atoms with Crippen LogP contribution in [-0.4, -0.2) is 38.3 Å². The highest BCUT2D eigenvalue weighted by Crippen LogP contribution is 2.30. The van der Waals surface area contributed by atoms with Gasteiger partial charge >= 0.3 is 0 Å². The van der Waals surface area contributed by atoms with Crippen LogP contribution < -0.4 is 15.2 Å². The molecule has 1 heterocycles. The molecule has 4 heteroatoms. The lowest BCUT2D eigenvalue weighted by molar-refractivity contribution is 0.232. The molecule has 4 nitrogen and oxygen atoms in total. The minimum absolute atomic E-state index is 0.0250. The molecule has 2 N–H and O–H groups in total. The van der Waals surface area contributed by atoms with E-state index < -0.39 is 0 Å². The number of likely N-dealkylation sites (tertiary alicyclic amines) is 1. The third kappa shape index (κ3) is 3.25. The third-order valence-electron chi connectivity index (χ3n) is 4.24. The highest BCUT2D eigenvalue weighted by molar-refractivity contribution is 5.42. The fourth-order valence-corrected chi connectivity index (χ4v) is 3.07. The van der Waals surface area contributed by atoms with Crippen molar-refractivity contribution in [3.8, 4) is 11.5 Å².